The highest BCUT2D eigenvalue weighted by atomic mass is 16.3. The molecule has 0 radical (unpaired) electrons. The van der Waals surface area contributed by atoms with E-state index in [4.69, 9.17) is 23.8 Å². The maximum absolute atomic E-state index is 6.96. The minimum absolute atomic E-state index is 0.517. The standard InChI is InChI=1S/C52H34N4O2/c1-3-5-15-32(4-2)50-53-51(34-24-26-40-39-20-11-14-23-46(39)57-47(40)30-34)55-52(54-50)35-25-27-41-42-28-36(33-16-7-6-8-17-33)29-45(49(42)58-48(41)31-35)56-43-21-12-9-18-37(43)38-19-10-13-22-44(38)56/h3-31H,2H2,1H3/b5-3-,32-15+. The molecule has 0 spiro atoms. The van der Waals surface area contributed by atoms with Crippen LogP contribution in [0.4, 0.5) is 0 Å². The van der Waals surface area contributed by atoms with Gasteiger partial charge in [0.15, 0.2) is 23.1 Å². The first-order chi connectivity index (χ1) is 28.6. The van der Waals surface area contributed by atoms with Gasteiger partial charge in [0.2, 0.25) is 0 Å². The van der Waals surface area contributed by atoms with Gasteiger partial charge in [0, 0.05) is 49.0 Å². The Bertz CT molecular complexity index is 3440. The van der Waals surface area contributed by atoms with Gasteiger partial charge in [0.25, 0.3) is 0 Å². The monoisotopic (exact) mass is 746 g/mol. The van der Waals surface area contributed by atoms with E-state index >= 15 is 0 Å². The van der Waals surface area contributed by atoms with E-state index < -0.39 is 0 Å². The zero-order valence-corrected chi connectivity index (χ0v) is 31.6. The highest BCUT2D eigenvalue weighted by Crippen LogP contribution is 2.42. The molecule has 0 aliphatic carbocycles. The number of rotatable bonds is 7. The van der Waals surface area contributed by atoms with Gasteiger partial charge in [-0.05, 0) is 72.6 Å². The van der Waals surface area contributed by atoms with Crippen LogP contribution in [0.25, 0.3) is 111 Å². The lowest BCUT2D eigenvalue weighted by molar-refractivity contribution is 0.666. The van der Waals surface area contributed by atoms with Crippen LogP contribution in [0.2, 0.25) is 0 Å². The fourth-order valence-corrected chi connectivity index (χ4v) is 8.21. The maximum atomic E-state index is 6.96. The smallest absolute Gasteiger partial charge is 0.164 e. The van der Waals surface area contributed by atoms with E-state index in [0.29, 0.717) is 17.5 Å². The quantitative estimate of drug-likeness (QED) is 0.152. The summed E-state index contributed by atoms with van der Waals surface area (Å²) in [6.45, 7) is 6.06. The number of benzene rings is 7. The Kier molecular flexibility index (Phi) is 7.76. The fraction of sp³-hybridized carbons (Fsp3) is 0.0192. The number of allylic oxidation sites excluding steroid dienone is 5. The molecule has 0 amide bonds. The third-order valence-corrected chi connectivity index (χ3v) is 11.0. The second-order valence-corrected chi connectivity index (χ2v) is 14.4. The first-order valence-electron chi connectivity index (χ1n) is 19.3. The molecule has 6 nitrogen and oxygen atoms in total. The van der Waals surface area contributed by atoms with E-state index in [0.717, 1.165) is 88.4 Å². The van der Waals surface area contributed by atoms with Gasteiger partial charge in [-0.3, -0.25) is 0 Å². The van der Waals surface area contributed by atoms with Crippen LogP contribution in [0.1, 0.15) is 12.7 Å². The summed E-state index contributed by atoms with van der Waals surface area (Å²) in [5.41, 5.74) is 11.0. The van der Waals surface area contributed by atoms with Gasteiger partial charge in [-0.1, -0.05) is 128 Å². The van der Waals surface area contributed by atoms with Gasteiger partial charge < -0.3 is 13.4 Å². The van der Waals surface area contributed by atoms with Gasteiger partial charge >= 0.3 is 0 Å². The number of hydrogen-bond donors (Lipinski definition) is 0. The van der Waals surface area contributed by atoms with Crippen LogP contribution in [0.5, 0.6) is 0 Å². The molecular weight excluding hydrogens is 713 g/mol. The number of nitrogens with zero attached hydrogens (tertiary/aromatic N) is 4. The summed E-state index contributed by atoms with van der Waals surface area (Å²) in [4.78, 5) is 15.1. The molecule has 0 aliphatic heterocycles. The first-order valence-corrected chi connectivity index (χ1v) is 19.3. The van der Waals surface area contributed by atoms with Crippen LogP contribution in [-0.4, -0.2) is 19.5 Å². The Morgan fingerprint density at radius 1 is 0.517 bits per heavy atom. The molecule has 6 heteroatoms. The summed E-state index contributed by atoms with van der Waals surface area (Å²) in [5, 5.41) is 6.53. The zero-order chi connectivity index (χ0) is 38.7. The molecule has 0 bridgehead atoms. The van der Waals surface area contributed by atoms with Crippen LogP contribution in [-0.2, 0) is 0 Å². The minimum Gasteiger partial charge on any atom is -0.456 e. The Balaban J connectivity index is 1.13. The number of hydrogen-bond acceptors (Lipinski definition) is 5. The van der Waals surface area contributed by atoms with E-state index in [2.05, 4.69) is 120 Å². The summed E-state index contributed by atoms with van der Waals surface area (Å²) in [5.74, 6) is 1.57. The van der Waals surface area contributed by atoms with Crippen molar-refractivity contribution in [2.24, 2.45) is 0 Å². The molecule has 0 fully saturated rings. The van der Waals surface area contributed by atoms with E-state index in [1.54, 1.807) is 6.08 Å². The molecule has 0 saturated heterocycles. The van der Waals surface area contributed by atoms with Crippen molar-refractivity contribution in [2.75, 3.05) is 0 Å². The average molecular weight is 747 g/mol. The van der Waals surface area contributed by atoms with Crippen molar-refractivity contribution in [1.82, 2.24) is 19.5 Å². The van der Waals surface area contributed by atoms with E-state index in [1.165, 1.54) is 10.8 Å². The lowest BCUT2D eigenvalue weighted by atomic mass is 10.0. The van der Waals surface area contributed by atoms with Gasteiger partial charge in [-0.25, -0.2) is 15.0 Å². The molecule has 4 heterocycles. The number of fused-ring (bicyclic) bond motifs is 9. The highest BCUT2D eigenvalue weighted by Gasteiger charge is 2.21. The van der Waals surface area contributed by atoms with Gasteiger partial charge in [0.05, 0.1) is 16.7 Å². The Labute approximate surface area is 333 Å². The third-order valence-electron chi connectivity index (χ3n) is 11.0. The number of furan rings is 2. The lowest BCUT2D eigenvalue weighted by Crippen LogP contribution is -2.02. The van der Waals surface area contributed by atoms with Crippen molar-refractivity contribution in [3.8, 4) is 39.6 Å². The van der Waals surface area contributed by atoms with Crippen LogP contribution in [0.15, 0.2) is 191 Å². The molecule has 0 unspecified atom stereocenters. The summed E-state index contributed by atoms with van der Waals surface area (Å²) < 4.78 is 15.6. The molecule has 58 heavy (non-hydrogen) atoms. The molecular formula is C52H34N4O2. The predicted molar refractivity (Wildman–Crippen MR) is 238 cm³/mol. The Morgan fingerprint density at radius 2 is 1.10 bits per heavy atom. The fourth-order valence-electron chi connectivity index (χ4n) is 8.21. The van der Waals surface area contributed by atoms with Crippen molar-refractivity contribution in [2.45, 2.75) is 6.92 Å². The Morgan fingerprint density at radius 3 is 1.78 bits per heavy atom. The van der Waals surface area contributed by atoms with Crippen LogP contribution < -0.4 is 0 Å². The molecule has 4 aromatic heterocycles. The largest absolute Gasteiger partial charge is 0.456 e. The van der Waals surface area contributed by atoms with Gasteiger partial charge in [0.1, 0.15) is 16.7 Å². The SMILES string of the molecule is C=C/C(=C\C=C/C)c1nc(-c2ccc3c(c2)oc2ccccc23)nc(-c2ccc3c(c2)oc2c(-n4c5ccccc5c5ccccc54)cc(-c4ccccc4)cc23)n1. The van der Waals surface area contributed by atoms with Gasteiger partial charge in [-0.15, -0.1) is 0 Å². The summed E-state index contributed by atoms with van der Waals surface area (Å²) in [7, 11) is 0. The Hall–Kier alpha value is -7.83. The summed E-state index contributed by atoms with van der Waals surface area (Å²) >= 11 is 0. The summed E-state index contributed by atoms with van der Waals surface area (Å²) in [6, 6.07) is 52.6. The third kappa shape index (κ3) is 5.38. The second-order valence-electron chi connectivity index (χ2n) is 14.4. The van der Waals surface area contributed by atoms with Crippen molar-refractivity contribution >= 4 is 71.3 Å². The van der Waals surface area contributed by atoms with Gasteiger partial charge in [-0.2, -0.15) is 0 Å². The first kappa shape index (κ1) is 33.5. The molecule has 0 aliphatic rings. The second kappa shape index (κ2) is 13.4. The molecule has 11 aromatic rings. The minimum atomic E-state index is 0.517. The van der Waals surface area contributed by atoms with E-state index in [1.807, 2.05) is 67.6 Å². The zero-order valence-electron chi connectivity index (χ0n) is 31.6. The van der Waals surface area contributed by atoms with Crippen LogP contribution >= 0.6 is 0 Å². The lowest BCUT2D eigenvalue weighted by Gasteiger charge is -2.11. The molecule has 274 valence electrons. The highest BCUT2D eigenvalue weighted by molar-refractivity contribution is 6.14. The summed E-state index contributed by atoms with van der Waals surface area (Å²) in [6.07, 6.45) is 7.66. The number of aromatic nitrogens is 4. The topological polar surface area (TPSA) is 69.9 Å². The predicted octanol–water partition coefficient (Wildman–Crippen LogP) is 13.9. The molecule has 11 rings (SSSR count). The normalized spacial score (nSPS) is 12.3. The van der Waals surface area contributed by atoms with Crippen molar-refractivity contribution < 1.29 is 8.83 Å². The van der Waals surface area contributed by atoms with E-state index in [-0.39, 0.29) is 0 Å². The molecule has 7 aromatic carbocycles. The van der Waals surface area contributed by atoms with Crippen molar-refractivity contribution in [1.29, 1.82) is 0 Å². The van der Waals surface area contributed by atoms with Crippen molar-refractivity contribution in [3.63, 3.8) is 0 Å². The van der Waals surface area contributed by atoms with Crippen molar-refractivity contribution in [3.05, 3.63) is 188 Å². The average Bonchev–Trinajstić information content (AvgIpc) is 3.95. The van der Waals surface area contributed by atoms with Crippen LogP contribution in [0.3, 0.4) is 0 Å². The molecule has 0 saturated carbocycles. The molecule has 0 N–H and O–H groups in total. The maximum Gasteiger partial charge on any atom is 0.164 e. The van der Waals surface area contributed by atoms with E-state index in [9.17, 15) is 0 Å². The number of para-hydroxylation sites is 3. The molecule has 0 atom stereocenters. The van der Waals surface area contributed by atoms with Crippen LogP contribution in [0, 0.1) is 0 Å².